The van der Waals surface area contributed by atoms with Gasteiger partial charge in [-0.1, -0.05) is 77.7 Å². The van der Waals surface area contributed by atoms with Crippen molar-refractivity contribution in [1.82, 2.24) is 0 Å². The van der Waals surface area contributed by atoms with E-state index >= 15 is 0 Å². The van der Waals surface area contributed by atoms with Gasteiger partial charge in [-0.05, 0) is 91.3 Å². The highest BCUT2D eigenvalue weighted by molar-refractivity contribution is 5.38. The first-order chi connectivity index (χ1) is 13.7. The Morgan fingerprint density at radius 1 is 0.931 bits per heavy atom. The highest BCUT2D eigenvalue weighted by atomic mass is 16.3. The molecule has 4 rings (SSSR count). The molecule has 0 aromatic heterocycles. The summed E-state index contributed by atoms with van der Waals surface area (Å²) < 4.78 is 0. The zero-order chi connectivity index (χ0) is 21.0. The molecule has 0 aliphatic heterocycles. The predicted molar refractivity (Wildman–Crippen MR) is 124 cm³/mol. The fourth-order valence-corrected chi connectivity index (χ4v) is 8.02. The first kappa shape index (κ1) is 21.7. The lowest BCUT2D eigenvalue weighted by atomic mass is 9.50. The summed E-state index contributed by atoms with van der Waals surface area (Å²) in [7, 11) is 0. The van der Waals surface area contributed by atoms with Gasteiger partial charge in [-0.15, -0.1) is 0 Å². The normalized spacial score (nSPS) is 43.7. The van der Waals surface area contributed by atoms with Crippen LogP contribution in [-0.2, 0) is 0 Å². The van der Waals surface area contributed by atoms with Crippen molar-refractivity contribution in [3.63, 3.8) is 0 Å². The number of hydrogen-bond donors (Lipinski definition) is 1. The van der Waals surface area contributed by atoms with Crippen molar-refractivity contribution in [3.8, 4) is 0 Å². The van der Waals surface area contributed by atoms with Crippen molar-refractivity contribution >= 4 is 0 Å². The first-order valence-electron chi connectivity index (χ1n) is 12.8. The molecule has 0 heterocycles. The maximum absolute atomic E-state index is 10.2. The second-order valence-corrected chi connectivity index (χ2v) is 12.3. The molecule has 8 atom stereocenters. The smallest absolute Gasteiger partial charge is 0.0578 e. The van der Waals surface area contributed by atoms with E-state index in [1.54, 1.807) is 11.1 Å². The molecule has 1 N–H and O–H groups in total. The largest absolute Gasteiger partial charge is 0.393 e. The molecule has 0 bridgehead atoms. The fraction of sp³-hybridized carbons (Fsp3) is 0.857. The van der Waals surface area contributed by atoms with Gasteiger partial charge in [0.25, 0.3) is 0 Å². The van der Waals surface area contributed by atoms with E-state index in [1.807, 2.05) is 0 Å². The van der Waals surface area contributed by atoms with E-state index in [0.717, 1.165) is 48.3 Å². The van der Waals surface area contributed by atoms with Gasteiger partial charge in [0, 0.05) is 0 Å². The van der Waals surface area contributed by atoms with Crippen LogP contribution in [0.25, 0.3) is 0 Å². The van der Waals surface area contributed by atoms with Gasteiger partial charge in [-0.25, -0.2) is 0 Å². The van der Waals surface area contributed by atoms with E-state index in [1.165, 1.54) is 44.9 Å². The third-order valence-corrected chi connectivity index (χ3v) is 10.5. The highest BCUT2D eigenvalue weighted by Gasteiger charge is 2.56. The summed E-state index contributed by atoms with van der Waals surface area (Å²) in [5, 5.41) is 10.2. The van der Waals surface area contributed by atoms with Crippen molar-refractivity contribution in [2.24, 2.45) is 46.3 Å². The topological polar surface area (TPSA) is 20.2 Å². The number of aliphatic hydroxyl groups excluding tert-OH is 1. The highest BCUT2D eigenvalue weighted by Crippen LogP contribution is 2.66. The molecule has 0 aromatic carbocycles. The number of aliphatic hydroxyl groups is 1. The van der Waals surface area contributed by atoms with Crippen LogP contribution >= 0.6 is 0 Å². The second-order valence-electron chi connectivity index (χ2n) is 12.3. The van der Waals surface area contributed by atoms with Gasteiger partial charge in [-0.2, -0.15) is 0 Å². The quantitative estimate of drug-likeness (QED) is 0.506. The van der Waals surface area contributed by atoms with Crippen molar-refractivity contribution < 1.29 is 5.11 Å². The van der Waals surface area contributed by atoms with E-state index in [9.17, 15) is 5.11 Å². The van der Waals surface area contributed by atoms with Crippen LogP contribution in [0, 0.1) is 46.3 Å². The molecule has 4 unspecified atom stereocenters. The van der Waals surface area contributed by atoms with Gasteiger partial charge in [0.1, 0.15) is 0 Å². The lowest BCUT2D eigenvalue weighted by Gasteiger charge is -2.55. The Bertz CT molecular complexity index is 672. The Hall–Kier alpha value is -0.560. The minimum Gasteiger partial charge on any atom is -0.393 e. The molecule has 3 fully saturated rings. The van der Waals surface area contributed by atoms with Gasteiger partial charge in [0.15, 0.2) is 0 Å². The first-order valence-corrected chi connectivity index (χ1v) is 12.8. The molecule has 0 aromatic rings. The minimum atomic E-state index is -0.108. The number of allylic oxidation sites excluding steroid dienone is 3. The molecule has 4 aliphatic carbocycles. The number of fused-ring (bicyclic) bond motifs is 5. The van der Waals surface area contributed by atoms with Crippen LogP contribution in [0.4, 0.5) is 0 Å². The summed E-state index contributed by atoms with van der Waals surface area (Å²) in [5.41, 5.74) is 4.17. The lowest BCUT2D eigenvalue weighted by Crippen LogP contribution is -2.46. The molecular formula is C28H46O. The van der Waals surface area contributed by atoms with E-state index in [4.69, 9.17) is 0 Å². The molecule has 1 nitrogen and oxygen atoms in total. The van der Waals surface area contributed by atoms with Crippen molar-refractivity contribution in [2.75, 3.05) is 0 Å². The summed E-state index contributed by atoms with van der Waals surface area (Å²) in [6.45, 7) is 14.9. The third-order valence-electron chi connectivity index (χ3n) is 10.5. The van der Waals surface area contributed by atoms with Crippen molar-refractivity contribution in [1.29, 1.82) is 0 Å². The molecule has 1 heteroatoms. The Kier molecular flexibility index (Phi) is 5.86. The fourth-order valence-electron chi connectivity index (χ4n) is 8.02. The molecule has 4 aliphatic rings. The predicted octanol–water partition coefficient (Wildman–Crippen LogP) is 7.55. The summed E-state index contributed by atoms with van der Waals surface area (Å²) in [5.74, 6) is 4.97. The maximum atomic E-state index is 10.2. The van der Waals surface area contributed by atoms with Crippen LogP contribution in [0.1, 0.15) is 99.3 Å². The van der Waals surface area contributed by atoms with Gasteiger partial charge in [0.2, 0.25) is 0 Å². The Morgan fingerprint density at radius 3 is 2.41 bits per heavy atom. The summed E-state index contributed by atoms with van der Waals surface area (Å²) in [6.07, 6.45) is 16.4. The van der Waals surface area contributed by atoms with E-state index in [-0.39, 0.29) is 6.10 Å². The summed E-state index contributed by atoms with van der Waals surface area (Å²) in [6, 6.07) is 0. The Balaban J connectivity index is 1.52. The molecule has 3 saturated carbocycles. The SMILES string of the molecule is CC(C)C(C)CCC(C)[C@H]1CCC2C3=CC=C4C[C@@H](O)CC[C@]4(C)C3CC[C@@]21C. The average molecular weight is 399 g/mol. The van der Waals surface area contributed by atoms with Crippen LogP contribution in [0.3, 0.4) is 0 Å². The van der Waals surface area contributed by atoms with Gasteiger partial charge < -0.3 is 5.11 Å². The minimum absolute atomic E-state index is 0.108. The van der Waals surface area contributed by atoms with Crippen LogP contribution in [0.15, 0.2) is 23.3 Å². The molecule has 0 spiro atoms. The zero-order valence-corrected chi connectivity index (χ0v) is 20.0. The Labute approximate surface area is 180 Å². The second kappa shape index (κ2) is 7.85. The van der Waals surface area contributed by atoms with Crippen LogP contribution in [0.5, 0.6) is 0 Å². The average Bonchev–Trinajstić information content (AvgIpc) is 3.03. The summed E-state index contributed by atoms with van der Waals surface area (Å²) >= 11 is 0. The van der Waals surface area contributed by atoms with E-state index in [2.05, 4.69) is 53.7 Å². The lowest BCUT2D eigenvalue weighted by molar-refractivity contribution is 0.0317. The zero-order valence-electron chi connectivity index (χ0n) is 20.0. The monoisotopic (exact) mass is 398 g/mol. The standard InChI is InChI=1S/C28H46O/c1-18(2)19(3)7-8-20(4)24-11-12-25-23-10-9-21-17-22(29)13-15-27(21,5)26(23)14-16-28(24,25)6/h9-10,18-20,22,24-26,29H,7-8,11-17H2,1-6H3/t19?,20?,22-,24+,25?,26?,27-,28+/m0/s1. The molecule has 0 amide bonds. The molecule has 164 valence electrons. The van der Waals surface area contributed by atoms with Crippen LogP contribution in [-0.4, -0.2) is 11.2 Å². The summed E-state index contributed by atoms with van der Waals surface area (Å²) in [4.78, 5) is 0. The van der Waals surface area contributed by atoms with E-state index in [0.29, 0.717) is 10.8 Å². The molecule has 0 saturated heterocycles. The van der Waals surface area contributed by atoms with Crippen molar-refractivity contribution in [3.05, 3.63) is 23.3 Å². The van der Waals surface area contributed by atoms with Crippen LogP contribution in [0.2, 0.25) is 0 Å². The third kappa shape index (κ3) is 3.58. The van der Waals surface area contributed by atoms with Gasteiger partial charge in [-0.3, -0.25) is 0 Å². The Morgan fingerprint density at radius 2 is 1.69 bits per heavy atom. The van der Waals surface area contributed by atoms with Gasteiger partial charge in [0.05, 0.1) is 6.10 Å². The molecule has 0 radical (unpaired) electrons. The van der Waals surface area contributed by atoms with Crippen LogP contribution < -0.4 is 0 Å². The number of rotatable bonds is 5. The van der Waals surface area contributed by atoms with Gasteiger partial charge >= 0.3 is 0 Å². The number of hydrogen-bond acceptors (Lipinski definition) is 1. The molecular weight excluding hydrogens is 352 g/mol. The van der Waals surface area contributed by atoms with E-state index < -0.39 is 0 Å². The van der Waals surface area contributed by atoms with Crippen molar-refractivity contribution in [2.45, 2.75) is 105 Å². The maximum Gasteiger partial charge on any atom is 0.0578 e. The molecule has 29 heavy (non-hydrogen) atoms.